The molecule has 1 unspecified atom stereocenters. The van der Waals surface area contributed by atoms with Gasteiger partial charge in [-0.15, -0.1) is 0 Å². The molecule has 3 aliphatic heterocycles. The lowest BCUT2D eigenvalue weighted by molar-refractivity contribution is -0.199. The Morgan fingerprint density at radius 2 is 1.70 bits per heavy atom. The van der Waals surface area contributed by atoms with Crippen molar-refractivity contribution < 1.29 is 32.6 Å². The number of piperidine rings is 2. The lowest BCUT2D eigenvalue weighted by Gasteiger charge is -2.39. The number of carboxylic acid groups (broad SMARTS) is 1. The van der Waals surface area contributed by atoms with E-state index in [-0.39, 0.29) is 11.3 Å². The molecule has 0 saturated carbocycles. The van der Waals surface area contributed by atoms with Crippen molar-refractivity contribution in [3.8, 4) is 0 Å². The summed E-state index contributed by atoms with van der Waals surface area (Å²) in [6.07, 6.45) is -3.71. The van der Waals surface area contributed by atoms with Crippen LogP contribution in [0.2, 0.25) is 5.02 Å². The lowest BCUT2D eigenvalue weighted by atomic mass is 9.77. The first kappa shape index (κ1) is 28.0. The molecular weight excluding hydrogens is 511 g/mol. The van der Waals surface area contributed by atoms with Crippen LogP contribution >= 0.6 is 11.6 Å². The van der Waals surface area contributed by atoms with Crippen LogP contribution in [0.25, 0.3) is 0 Å². The molecule has 3 fully saturated rings. The van der Waals surface area contributed by atoms with Crippen LogP contribution in [0.4, 0.5) is 18.0 Å². The van der Waals surface area contributed by atoms with Crippen LogP contribution < -0.4 is 0 Å². The molecule has 4 rings (SSSR count). The Morgan fingerprint density at radius 1 is 1.08 bits per heavy atom. The normalized spacial score (nSPS) is 22.4. The second kappa shape index (κ2) is 11.4. The fraction of sp³-hybridized carbons (Fsp3) is 0.692. The summed E-state index contributed by atoms with van der Waals surface area (Å²) in [5.74, 6) is -0.981. The number of carbonyl (C=O) groups excluding carboxylic acids is 1. The van der Waals surface area contributed by atoms with E-state index in [0.717, 1.165) is 70.0 Å². The molecule has 3 saturated heterocycles. The first-order valence-corrected chi connectivity index (χ1v) is 13.3. The smallest absolute Gasteiger partial charge is 0.425 e. The number of carboxylic acids is 1. The standard InChI is InChI=1S/C26H35ClF3N3O4/c1-18(26(28,29)30)37-24(36)33-13-8-25(17-33)6-11-32(12-7-25)15-19-2-3-22(27)21(14-19)16-31-9-4-20(5-10-31)23(34)35/h2-3,14,18,20H,4-13,15-17H2,1H3,(H,34,35). The summed E-state index contributed by atoms with van der Waals surface area (Å²) in [5, 5.41) is 9.92. The highest BCUT2D eigenvalue weighted by Crippen LogP contribution is 2.41. The summed E-state index contributed by atoms with van der Waals surface area (Å²) in [7, 11) is 0. The molecule has 1 amide bonds. The van der Waals surface area contributed by atoms with Gasteiger partial charge in [-0.2, -0.15) is 13.2 Å². The van der Waals surface area contributed by atoms with Crippen LogP contribution in [0.5, 0.6) is 0 Å². The Bertz CT molecular complexity index is 976. The van der Waals surface area contributed by atoms with Gasteiger partial charge >= 0.3 is 18.2 Å². The van der Waals surface area contributed by atoms with E-state index in [4.69, 9.17) is 11.6 Å². The number of alkyl halides is 3. The van der Waals surface area contributed by atoms with Gasteiger partial charge in [0.1, 0.15) is 0 Å². The second-order valence-electron chi connectivity index (χ2n) is 10.8. The molecule has 1 atom stereocenters. The van der Waals surface area contributed by atoms with Gasteiger partial charge < -0.3 is 14.7 Å². The maximum absolute atomic E-state index is 12.7. The molecule has 11 heteroatoms. The first-order chi connectivity index (χ1) is 17.4. The van der Waals surface area contributed by atoms with Crippen molar-refractivity contribution in [2.24, 2.45) is 11.3 Å². The molecule has 0 aromatic heterocycles. The number of amides is 1. The van der Waals surface area contributed by atoms with Crippen molar-refractivity contribution in [3.63, 3.8) is 0 Å². The Kier molecular flexibility index (Phi) is 8.60. The van der Waals surface area contributed by atoms with Crippen molar-refractivity contribution in [1.29, 1.82) is 0 Å². The number of likely N-dealkylation sites (tertiary alicyclic amines) is 3. The molecule has 1 aromatic carbocycles. The fourth-order valence-electron chi connectivity index (χ4n) is 5.66. The van der Waals surface area contributed by atoms with Gasteiger partial charge in [-0.1, -0.05) is 23.7 Å². The van der Waals surface area contributed by atoms with Crippen LogP contribution in [0.15, 0.2) is 18.2 Å². The highest BCUT2D eigenvalue weighted by molar-refractivity contribution is 6.31. The van der Waals surface area contributed by atoms with Crippen molar-refractivity contribution >= 4 is 23.7 Å². The first-order valence-electron chi connectivity index (χ1n) is 12.9. The average molecular weight is 546 g/mol. The van der Waals surface area contributed by atoms with Gasteiger partial charge in [0, 0.05) is 31.2 Å². The summed E-state index contributed by atoms with van der Waals surface area (Å²) >= 11 is 6.48. The number of hydrogen-bond donors (Lipinski definition) is 1. The quantitative estimate of drug-likeness (QED) is 0.542. The SMILES string of the molecule is CC(OC(=O)N1CCC2(CCN(Cc3ccc(Cl)c(CN4CCC(C(=O)O)CC4)c3)CC2)C1)C(F)(F)F. The van der Waals surface area contributed by atoms with E-state index in [1.54, 1.807) is 0 Å². The topological polar surface area (TPSA) is 73.3 Å². The molecule has 1 aromatic rings. The largest absolute Gasteiger partial charge is 0.481 e. The van der Waals surface area contributed by atoms with Gasteiger partial charge in [-0.25, -0.2) is 4.79 Å². The monoisotopic (exact) mass is 545 g/mol. The number of aliphatic carboxylic acids is 1. The van der Waals surface area contributed by atoms with E-state index >= 15 is 0 Å². The molecular formula is C26H35ClF3N3O4. The van der Waals surface area contributed by atoms with E-state index in [9.17, 15) is 27.9 Å². The molecule has 3 heterocycles. The van der Waals surface area contributed by atoms with Gasteiger partial charge in [0.05, 0.1) is 5.92 Å². The number of ether oxygens (including phenoxy) is 1. The molecule has 1 N–H and O–H groups in total. The number of rotatable bonds is 6. The Hall–Kier alpha value is -2.04. The zero-order valence-corrected chi connectivity index (χ0v) is 21.9. The maximum Gasteiger partial charge on any atom is 0.425 e. The van der Waals surface area contributed by atoms with Crippen LogP contribution in [-0.2, 0) is 22.6 Å². The van der Waals surface area contributed by atoms with Gasteiger partial charge in [0.15, 0.2) is 6.10 Å². The minimum atomic E-state index is -4.56. The van der Waals surface area contributed by atoms with E-state index < -0.39 is 24.3 Å². The highest BCUT2D eigenvalue weighted by Gasteiger charge is 2.45. The Balaban J connectivity index is 1.26. The third-order valence-corrected chi connectivity index (χ3v) is 8.57. The van der Waals surface area contributed by atoms with E-state index in [1.807, 2.05) is 12.1 Å². The van der Waals surface area contributed by atoms with Crippen molar-refractivity contribution in [3.05, 3.63) is 34.3 Å². The zero-order chi connectivity index (χ0) is 26.8. The third-order valence-electron chi connectivity index (χ3n) is 8.20. The van der Waals surface area contributed by atoms with Crippen molar-refractivity contribution in [2.75, 3.05) is 39.3 Å². The Labute approximate surface area is 220 Å². The third kappa shape index (κ3) is 7.09. The number of carbonyl (C=O) groups is 2. The van der Waals surface area contributed by atoms with E-state index in [2.05, 4.69) is 20.6 Å². The highest BCUT2D eigenvalue weighted by atomic mass is 35.5. The van der Waals surface area contributed by atoms with Crippen LogP contribution in [0, 0.1) is 11.3 Å². The predicted molar refractivity (Wildman–Crippen MR) is 132 cm³/mol. The number of nitrogens with zero attached hydrogens (tertiary/aromatic N) is 3. The Morgan fingerprint density at radius 3 is 2.32 bits per heavy atom. The fourth-order valence-corrected chi connectivity index (χ4v) is 5.84. The molecule has 0 bridgehead atoms. The number of hydrogen-bond acceptors (Lipinski definition) is 5. The molecule has 0 aliphatic carbocycles. The van der Waals surface area contributed by atoms with E-state index in [0.29, 0.717) is 37.5 Å². The summed E-state index contributed by atoms with van der Waals surface area (Å²) < 4.78 is 42.9. The number of benzene rings is 1. The minimum Gasteiger partial charge on any atom is -0.481 e. The summed E-state index contributed by atoms with van der Waals surface area (Å²) in [5.41, 5.74) is 2.14. The molecule has 1 spiro atoms. The summed E-state index contributed by atoms with van der Waals surface area (Å²) in [6, 6.07) is 6.08. The number of halogens is 4. The minimum absolute atomic E-state index is 0.0653. The van der Waals surface area contributed by atoms with Crippen LogP contribution in [0.3, 0.4) is 0 Å². The molecule has 3 aliphatic rings. The van der Waals surface area contributed by atoms with Crippen molar-refractivity contribution in [2.45, 2.75) is 64.4 Å². The maximum atomic E-state index is 12.7. The van der Waals surface area contributed by atoms with Gasteiger partial charge in [0.2, 0.25) is 0 Å². The van der Waals surface area contributed by atoms with Gasteiger partial charge in [0.25, 0.3) is 0 Å². The zero-order valence-electron chi connectivity index (χ0n) is 21.1. The van der Waals surface area contributed by atoms with Crippen molar-refractivity contribution in [1.82, 2.24) is 14.7 Å². The molecule has 37 heavy (non-hydrogen) atoms. The van der Waals surface area contributed by atoms with Crippen LogP contribution in [-0.4, -0.2) is 83.4 Å². The average Bonchev–Trinajstić information content (AvgIpc) is 3.26. The molecule has 206 valence electrons. The molecule has 7 nitrogen and oxygen atoms in total. The van der Waals surface area contributed by atoms with Gasteiger partial charge in [-0.05, 0) is 87.8 Å². The van der Waals surface area contributed by atoms with E-state index in [1.165, 1.54) is 4.90 Å². The molecule has 0 radical (unpaired) electrons. The predicted octanol–water partition coefficient (Wildman–Crippen LogP) is 5.01. The summed E-state index contributed by atoms with van der Waals surface area (Å²) in [6.45, 7) is 6.37. The second-order valence-corrected chi connectivity index (χ2v) is 11.2. The summed E-state index contributed by atoms with van der Waals surface area (Å²) in [4.78, 5) is 29.5. The van der Waals surface area contributed by atoms with Gasteiger partial charge in [-0.3, -0.25) is 14.6 Å². The van der Waals surface area contributed by atoms with Crippen LogP contribution in [0.1, 0.15) is 50.2 Å². The lowest BCUT2D eigenvalue weighted by Crippen LogP contribution is -2.43.